The zero-order chi connectivity index (χ0) is 17.6. The molecule has 1 aromatic carbocycles. The van der Waals surface area contributed by atoms with Gasteiger partial charge in [-0.2, -0.15) is 9.78 Å². The van der Waals surface area contributed by atoms with E-state index in [1.807, 2.05) is 0 Å². The van der Waals surface area contributed by atoms with Crippen LogP contribution < -0.4 is 5.56 Å². The Morgan fingerprint density at radius 2 is 2.08 bits per heavy atom. The molecule has 0 saturated carbocycles. The highest BCUT2D eigenvalue weighted by Gasteiger charge is 2.19. The van der Waals surface area contributed by atoms with Crippen molar-refractivity contribution in [2.45, 2.75) is 25.7 Å². The van der Waals surface area contributed by atoms with Gasteiger partial charge in [0.15, 0.2) is 0 Å². The molecule has 2 aromatic heterocycles. The van der Waals surface area contributed by atoms with Crippen molar-refractivity contribution in [2.24, 2.45) is 5.10 Å². The van der Waals surface area contributed by atoms with Crippen LogP contribution in [0.3, 0.4) is 0 Å². The number of phenols is 1. The molecule has 128 valence electrons. The molecule has 8 heteroatoms. The van der Waals surface area contributed by atoms with E-state index in [2.05, 4.69) is 41.9 Å². The molecule has 1 N–H and O–H groups in total. The summed E-state index contributed by atoms with van der Waals surface area (Å²) >= 11 is 8.42. The van der Waals surface area contributed by atoms with E-state index in [9.17, 15) is 9.90 Å². The van der Waals surface area contributed by atoms with Gasteiger partial charge in [-0.15, -0.1) is 11.3 Å². The van der Waals surface area contributed by atoms with Crippen molar-refractivity contribution in [3.8, 4) is 5.75 Å². The van der Waals surface area contributed by atoms with Crippen LogP contribution in [0.4, 0.5) is 0 Å². The molecule has 0 saturated heterocycles. The summed E-state index contributed by atoms with van der Waals surface area (Å²) in [6.07, 6.45) is 7.23. The van der Waals surface area contributed by atoms with Gasteiger partial charge in [-0.25, -0.2) is 4.98 Å². The monoisotopic (exact) mass is 481 g/mol. The number of nitrogens with zero attached hydrogens (tertiary/aromatic N) is 3. The van der Waals surface area contributed by atoms with Gasteiger partial charge in [0.25, 0.3) is 5.56 Å². The molecule has 1 aliphatic carbocycles. The number of hydrogen-bond donors (Lipinski definition) is 1. The number of thiophene rings is 1. The highest BCUT2D eigenvalue weighted by Crippen LogP contribution is 2.33. The minimum atomic E-state index is -0.143. The number of fused-ring (bicyclic) bond motifs is 3. The van der Waals surface area contributed by atoms with Gasteiger partial charge in [-0.1, -0.05) is 0 Å². The third kappa shape index (κ3) is 3.07. The summed E-state index contributed by atoms with van der Waals surface area (Å²) < 4.78 is 2.72. The average Bonchev–Trinajstić information content (AvgIpc) is 2.97. The molecule has 4 rings (SSSR count). The Hall–Kier alpha value is -1.51. The summed E-state index contributed by atoms with van der Waals surface area (Å²) in [5.41, 5.74) is 1.66. The van der Waals surface area contributed by atoms with Crippen molar-refractivity contribution in [2.75, 3.05) is 0 Å². The van der Waals surface area contributed by atoms with Crippen LogP contribution in [0.15, 0.2) is 37.3 Å². The molecule has 0 amide bonds. The number of aromatic hydroxyl groups is 1. The van der Waals surface area contributed by atoms with Crippen molar-refractivity contribution < 1.29 is 5.11 Å². The molecule has 0 atom stereocenters. The number of benzene rings is 1. The van der Waals surface area contributed by atoms with Gasteiger partial charge in [0.1, 0.15) is 16.9 Å². The van der Waals surface area contributed by atoms with Crippen LogP contribution in [-0.2, 0) is 12.8 Å². The fourth-order valence-electron chi connectivity index (χ4n) is 3.03. The quantitative estimate of drug-likeness (QED) is 0.548. The molecule has 2 heterocycles. The van der Waals surface area contributed by atoms with Gasteiger partial charge in [-0.3, -0.25) is 4.79 Å². The minimum absolute atomic E-state index is 0.115. The van der Waals surface area contributed by atoms with E-state index in [0.717, 1.165) is 34.1 Å². The Bertz CT molecular complexity index is 1070. The second-order valence-electron chi connectivity index (χ2n) is 5.86. The summed E-state index contributed by atoms with van der Waals surface area (Å²) in [7, 11) is 0. The molecule has 3 aromatic rings. The number of halogens is 2. The summed E-state index contributed by atoms with van der Waals surface area (Å²) in [6.45, 7) is 0. The van der Waals surface area contributed by atoms with E-state index < -0.39 is 0 Å². The van der Waals surface area contributed by atoms with E-state index in [1.54, 1.807) is 23.5 Å². The average molecular weight is 483 g/mol. The smallest absolute Gasteiger partial charge is 0.282 e. The number of aromatic nitrogens is 2. The molecule has 0 fully saturated rings. The minimum Gasteiger partial charge on any atom is -0.508 e. The second kappa shape index (κ2) is 6.66. The highest BCUT2D eigenvalue weighted by atomic mass is 79.9. The number of hydrogen-bond acceptors (Lipinski definition) is 5. The Balaban J connectivity index is 1.80. The van der Waals surface area contributed by atoms with E-state index in [1.165, 1.54) is 28.5 Å². The zero-order valence-corrected chi connectivity index (χ0v) is 17.0. The third-order valence-electron chi connectivity index (χ3n) is 4.22. The van der Waals surface area contributed by atoms with Gasteiger partial charge in [-0.05, 0) is 75.2 Å². The van der Waals surface area contributed by atoms with Crippen LogP contribution >= 0.6 is 43.2 Å². The van der Waals surface area contributed by atoms with Crippen molar-refractivity contribution in [1.82, 2.24) is 9.66 Å². The topological polar surface area (TPSA) is 67.5 Å². The molecule has 5 nitrogen and oxygen atoms in total. The van der Waals surface area contributed by atoms with E-state index in [-0.39, 0.29) is 11.3 Å². The summed E-state index contributed by atoms with van der Waals surface area (Å²) in [5, 5.41) is 14.7. The van der Waals surface area contributed by atoms with Crippen LogP contribution in [0.2, 0.25) is 0 Å². The lowest BCUT2D eigenvalue weighted by Gasteiger charge is -2.09. The first-order valence-electron chi connectivity index (χ1n) is 7.79. The zero-order valence-electron chi connectivity index (χ0n) is 13.0. The lowest BCUT2D eigenvalue weighted by atomic mass is 9.97. The van der Waals surface area contributed by atoms with Gasteiger partial charge in [0.05, 0.1) is 11.6 Å². The lowest BCUT2D eigenvalue weighted by molar-refractivity contribution is 0.474. The first-order chi connectivity index (χ1) is 12.0. The maximum absolute atomic E-state index is 12.8. The molecule has 0 spiro atoms. The molecule has 0 unspecified atom stereocenters. The van der Waals surface area contributed by atoms with Gasteiger partial charge >= 0.3 is 0 Å². The summed E-state index contributed by atoms with van der Waals surface area (Å²) in [5.74, 6) is 0.115. The molecule has 1 aliphatic rings. The standard InChI is InChI=1S/C17H13Br2N3O2S/c18-12-6-10(23)5-9(15(12)19)7-21-22-8-20-16-14(17(22)24)11-3-1-2-4-13(11)25-16/h5-8,23H,1-4H2. The van der Waals surface area contributed by atoms with Crippen LogP contribution in [0.1, 0.15) is 28.8 Å². The maximum atomic E-state index is 12.8. The predicted octanol–water partition coefficient (Wildman–Crippen LogP) is 4.45. The molecule has 25 heavy (non-hydrogen) atoms. The largest absolute Gasteiger partial charge is 0.508 e. The predicted molar refractivity (Wildman–Crippen MR) is 107 cm³/mol. The second-order valence-corrected chi connectivity index (χ2v) is 8.59. The van der Waals surface area contributed by atoms with Crippen LogP contribution in [0.5, 0.6) is 5.75 Å². The molecule has 0 bridgehead atoms. The Kier molecular flexibility index (Phi) is 4.51. The van der Waals surface area contributed by atoms with Crippen LogP contribution in [0, 0.1) is 0 Å². The maximum Gasteiger partial charge on any atom is 0.282 e. The van der Waals surface area contributed by atoms with Gasteiger partial charge in [0.2, 0.25) is 0 Å². The summed E-state index contributed by atoms with van der Waals surface area (Å²) in [6, 6.07) is 3.15. The SMILES string of the molecule is O=c1c2c3c(sc2ncn1N=Cc1cc(O)cc(Br)c1Br)CCCC3. The van der Waals surface area contributed by atoms with Crippen molar-refractivity contribution in [1.29, 1.82) is 0 Å². The normalized spacial score (nSPS) is 14.3. The number of aryl methyl sites for hydroxylation is 2. The molecular weight excluding hydrogens is 470 g/mol. The number of phenolic OH excluding ortho intramolecular Hbond substituents is 1. The van der Waals surface area contributed by atoms with E-state index >= 15 is 0 Å². The van der Waals surface area contributed by atoms with E-state index in [4.69, 9.17) is 0 Å². The Morgan fingerprint density at radius 1 is 1.28 bits per heavy atom. The highest BCUT2D eigenvalue weighted by molar-refractivity contribution is 9.13. The van der Waals surface area contributed by atoms with Gasteiger partial charge < -0.3 is 5.11 Å². The Morgan fingerprint density at radius 3 is 2.92 bits per heavy atom. The molecule has 0 aliphatic heterocycles. The van der Waals surface area contributed by atoms with E-state index in [0.29, 0.717) is 15.4 Å². The summed E-state index contributed by atoms with van der Waals surface area (Å²) in [4.78, 5) is 19.3. The first kappa shape index (κ1) is 16.9. The fourth-order valence-corrected chi connectivity index (χ4v) is 5.05. The van der Waals surface area contributed by atoms with Gasteiger partial charge in [0, 0.05) is 19.4 Å². The Labute approximate surface area is 164 Å². The fraction of sp³-hybridized carbons (Fsp3) is 0.235. The first-order valence-corrected chi connectivity index (χ1v) is 10.2. The number of rotatable bonds is 2. The molecule has 0 radical (unpaired) electrons. The third-order valence-corrected chi connectivity index (χ3v) is 7.46. The van der Waals surface area contributed by atoms with Crippen molar-refractivity contribution >= 4 is 59.6 Å². The molecular formula is C17H13Br2N3O2S. The van der Waals surface area contributed by atoms with Crippen molar-refractivity contribution in [3.05, 3.63) is 53.8 Å². The van der Waals surface area contributed by atoms with Crippen LogP contribution in [0.25, 0.3) is 10.2 Å². The van der Waals surface area contributed by atoms with Crippen LogP contribution in [-0.4, -0.2) is 21.0 Å². The van der Waals surface area contributed by atoms with Crippen molar-refractivity contribution in [3.63, 3.8) is 0 Å². The lowest BCUT2D eigenvalue weighted by Crippen LogP contribution is -2.18.